The molecule has 0 aliphatic carbocycles. The van der Waals surface area contributed by atoms with Gasteiger partial charge >= 0.3 is 12.2 Å². The van der Waals surface area contributed by atoms with E-state index in [0.29, 0.717) is 36.7 Å². The molecule has 4 aromatic carbocycles. The minimum absolute atomic E-state index is 0.174. The Labute approximate surface area is 340 Å². The molecule has 3 atom stereocenters. The van der Waals surface area contributed by atoms with Crippen LogP contribution in [0.25, 0.3) is 44.4 Å². The largest absolute Gasteiger partial charge is 0.453 e. The number of carbonyl (C=O) groups excluding carboxylic acids is 4. The number of fused-ring (bicyclic) bond motifs is 1. The van der Waals surface area contributed by atoms with E-state index in [0.717, 1.165) is 62.8 Å². The van der Waals surface area contributed by atoms with Crippen molar-refractivity contribution in [2.75, 3.05) is 33.9 Å². The van der Waals surface area contributed by atoms with Crippen molar-refractivity contribution < 1.29 is 28.7 Å². The number of hydrogen-bond donors (Lipinski definition) is 4. The van der Waals surface area contributed by atoms with Gasteiger partial charge in [0.2, 0.25) is 5.91 Å². The lowest BCUT2D eigenvalue weighted by molar-refractivity contribution is -0.134. The number of alkyl carbamates (subject to hydrolysis) is 2. The fraction of sp³-hybridized carbons (Fsp3) is 0.244. The van der Waals surface area contributed by atoms with E-state index >= 15 is 0 Å². The lowest BCUT2D eigenvalue weighted by Crippen LogP contribution is -2.42. The summed E-state index contributed by atoms with van der Waals surface area (Å²) in [6.45, 7) is 4.86. The van der Waals surface area contributed by atoms with E-state index in [-0.39, 0.29) is 30.4 Å². The molecule has 4 N–H and O–H groups in total. The highest BCUT2D eigenvalue weighted by molar-refractivity contribution is 5.91. The monoisotopic (exact) mass is 792 g/mol. The number of benzene rings is 4. The van der Waals surface area contributed by atoms with Gasteiger partial charge in [0.1, 0.15) is 24.2 Å². The Kier molecular flexibility index (Phi) is 10.9. The average Bonchev–Trinajstić information content (AvgIpc) is 4.11. The van der Waals surface area contributed by atoms with Crippen molar-refractivity contribution in [3.8, 4) is 33.6 Å². The van der Waals surface area contributed by atoms with E-state index in [1.807, 2.05) is 30.3 Å². The number of carbonyl (C=O) groups is 4. The van der Waals surface area contributed by atoms with Gasteiger partial charge in [-0.15, -0.1) is 0 Å². The third-order valence-corrected chi connectivity index (χ3v) is 11.0. The van der Waals surface area contributed by atoms with Gasteiger partial charge in [-0.25, -0.2) is 19.6 Å². The molecule has 300 valence electrons. The number of nitrogens with one attached hydrogen (secondary N) is 4. The van der Waals surface area contributed by atoms with E-state index in [1.165, 1.54) is 14.2 Å². The molecule has 4 heterocycles. The van der Waals surface area contributed by atoms with Crippen LogP contribution >= 0.6 is 0 Å². The van der Waals surface area contributed by atoms with Crippen LogP contribution in [0.4, 0.5) is 9.59 Å². The molecule has 0 spiro atoms. The standard InChI is InChI=1S/C45H44N8O6/c1-27-20-38(53(26-27)39(54)25-48-44(56)58-2)42-47-24-36(50-42)34-18-17-32-21-31(15-16-33(32)22-34)28-11-13-29(14-12-28)35-23-46-41(49-35)37-10-7-19-52(37)43(55)40(51-45(57)59-3)30-8-5-4-6-9-30/h4-6,8-9,11-18,21-24,37-38,40H,1,7,10,19-20,25-26H2,2-3H3,(H,46,49)(H,47,50)(H,48,56)(H,51,57)/t37-,38-,40+/m0/s1. The summed E-state index contributed by atoms with van der Waals surface area (Å²) in [7, 11) is 2.53. The summed E-state index contributed by atoms with van der Waals surface area (Å²) >= 11 is 0. The first kappa shape index (κ1) is 38.6. The lowest BCUT2D eigenvalue weighted by atomic mass is 9.98. The third-order valence-electron chi connectivity index (χ3n) is 11.0. The maximum Gasteiger partial charge on any atom is 0.407 e. The van der Waals surface area contributed by atoms with Crippen molar-refractivity contribution >= 4 is 34.8 Å². The quantitative estimate of drug-likeness (QED) is 0.105. The van der Waals surface area contributed by atoms with Gasteiger partial charge in [-0.1, -0.05) is 91.0 Å². The molecule has 14 heteroatoms. The van der Waals surface area contributed by atoms with Gasteiger partial charge in [0.05, 0.1) is 50.1 Å². The summed E-state index contributed by atoms with van der Waals surface area (Å²) in [6.07, 6.45) is 4.39. The SMILES string of the molecule is C=C1C[C@@H](c2ncc(-c3ccc4cc(-c5ccc(-c6cnc([C@@H]7CCCN7C(=O)[C@H](NC(=O)OC)c7ccccc7)[nH]6)cc5)ccc4c3)[nH]2)N(C(=O)CNC(=O)OC)C1. The molecule has 0 bridgehead atoms. The molecular weight excluding hydrogens is 749 g/mol. The summed E-state index contributed by atoms with van der Waals surface area (Å²) < 4.78 is 9.42. The number of ether oxygens (including phenoxy) is 2. The first-order chi connectivity index (χ1) is 28.7. The second kappa shape index (κ2) is 16.7. The molecule has 0 radical (unpaired) electrons. The smallest absolute Gasteiger partial charge is 0.407 e. The van der Waals surface area contributed by atoms with Crippen LogP contribution in [0.2, 0.25) is 0 Å². The van der Waals surface area contributed by atoms with Gasteiger partial charge in [-0.2, -0.15) is 0 Å². The fourth-order valence-electron chi connectivity index (χ4n) is 7.96. The van der Waals surface area contributed by atoms with E-state index in [4.69, 9.17) is 9.72 Å². The van der Waals surface area contributed by atoms with E-state index < -0.39 is 18.2 Å². The van der Waals surface area contributed by atoms with E-state index in [2.05, 4.69) is 97.6 Å². The molecule has 2 fully saturated rings. The number of H-pyrrole nitrogens is 2. The minimum Gasteiger partial charge on any atom is -0.453 e. The Bertz CT molecular complexity index is 2530. The number of aromatic amines is 2. The van der Waals surface area contributed by atoms with Crippen molar-refractivity contribution in [3.05, 3.63) is 133 Å². The predicted octanol–water partition coefficient (Wildman–Crippen LogP) is 7.23. The number of methoxy groups -OCH3 is 2. The van der Waals surface area contributed by atoms with Gasteiger partial charge in [0, 0.05) is 18.7 Å². The Morgan fingerprint density at radius 2 is 1.37 bits per heavy atom. The van der Waals surface area contributed by atoms with Crippen molar-refractivity contribution in [1.29, 1.82) is 0 Å². The fourth-order valence-corrected chi connectivity index (χ4v) is 7.96. The molecule has 0 unspecified atom stereocenters. The number of amides is 4. The van der Waals surface area contributed by atoms with Crippen LogP contribution in [-0.2, 0) is 19.1 Å². The summed E-state index contributed by atoms with van der Waals surface area (Å²) in [6, 6.07) is 28.6. The first-order valence-corrected chi connectivity index (χ1v) is 19.4. The Morgan fingerprint density at radius 1 is 0.763 bits per heavy atom. The van der Waals surface area contributed by atoms with Gasteiger partial charge in [-0.05, 0) is 64.4 Å². The maximum atomic E-state index is 13.9. The maximum absolute atomic E-state index is 13.9. The van der Waals surface area contributed by atoms with Gasteiger partial charge in [0.15, 0.2) is 0 Å². The van der Waals surface area contributed by atoms with Crippen molar-refractivity contribution in [2.24, 2.45) is 0 Å². The van der Waals surface area contributed by atoms with Gasteiger partial charge in [0.25, 0.3) is 5.91 Å². The molecule has 14 nitrogen and oxygen atoms in total. The zero-order valence-electron chi connectivity index (χ0n) is 32.7. The van der Waals surface area contributed by atoms with Crippen molar-refractivity contribution in [2.45, 2.75) is 37.4 Å². The Balaban J connectivity index is 0.943. The molecule has 6 aromatic rings. The second-order valence-electron chi connectivity index (χ2n) is 14.7. The summed E-state index contributed by atoms with van der Waals surface area (Å²) in [4.78, 5) is 70.2. The van der Waals surface area contributed by atoms with E-state index in [9.17, 15) is 19.2 Å². The molecule has 2 aromatic heterocycles. The Morgan fingerprint density at radius 3 is 2.07 bits per heavy atom. The van der Waals surface area contributed by atoms with Gasteiger partial charge in [-0.3, -0.25) is 9.59 Å². The van der Waals surface area contributed by atoms with Gasteiger partial charge < -0.3 is 39.9 Å². The van der Waals surface area contributed by atoms with Crippen LogP contribution in [0, 0.1) is 0 Å². The number of nitrogens with zero attached hydrogens (tertiary/aromatic N) is 4. The summed E-state index contributed by atoms with van der Waals surface area (Å²) in [5.74, 6) is 0.907. The second-order valence-corrected chi connectivity index (χ2v) is 14.7. The lowest BCUT2D eigenvalue weighted by Gasteiger charge is -2.28. The number of likely N-dealkylation sites (tertiary alicyclic amines) is 2. The van der Waals surface area contributed by atoms with Crippen molar-refractivity contribution in [1.82, 2.24) is 40.4 Å². The van der Waals surface area contributed by atoms with Crippen LogP contribution in [0.1, 0.15) is 54.6 Å². The summed E-state index contributed by atoms with van der Waals surface area (Å²) in [5, 5.41) is 7.32. The molecule has 8 rings (SSSR count). The number of hydrogen-bond acceptors (Lipinski definition) is 8. The van der Waals surface area contributed by atoms with Crippen LogP contribution in [-0.4, -0.2) is 87.6 Å². The molecule has 59 heavy (non-hydrogen) atoms. The number of aromatic nitrogens is 4. The predicted molar refractivity (Wildman–Crippen MR) is 222 cm³/mol. The molecular formula is C45H44N8O6. The number of rotatable bonds is 10. The van der Waals surface area contributed by atoms with Crippen molar-refractivity contribution in [3.63, 3.8) is 0 Å². The van der Waals surface area contributed by atoms with Crippen LogP contribution < -0.4 is 10.6 Å². The zero-order valence-corrected chi connectivity index (χ0v) is 32.7. The minimum atomic E-state index is -0.882. The molecule has 0 saturated carbocycles. The molecule has 2 aliphatic heterocycles. The third kappa shape index (κ3) is 8.15. The highest BCUT2D eigenvalue weighted by atomic mass is 16.5. The highest BCUT2D eigenvalue weighted by Gasteiger charge is 2.37. The Hall–Kier alpha value is -7.22. The first-order valence-electron chi connectivity index (χ1n) is 19.4. The van der Waals surface area contributed by atoms with Crippen LogP contribution in [0.3, 0.4) is 0 Å². The highest BCUT2D eigenvalue weighted by Crippen LogP contribution is 2.36. The number of imidazole rings is 2. The van der Waals surface area contributed by atoms with Crippen LogP contribution in [0.5, 0.6) is 0 Å². The average molecular weight is 793 g/mol. The van der Waals surface area contributed by atoms with E-state index in [1.54, 1.807) is 22.2 Å². The molecule has 4 amide bonds. The molecule has 2 saturated heterocycles. The normalized spacial score (nSPS) is 16.9. The van der Waals surface area contributed by atoms with Crippen LogP contribution in [0.15, 0.2) is 116 Å². The zero-order chi connectivity index (χ0) is 41.0. The summed E-state index contributed by atoms with van der Waals surface area (Å²) in [5.41, 5.74) is 7.35. The molecule has 2 aliphatic rings. The topological polar surface area (TPSA) is 175 Å².